The smallest absolute Gasteiger partial charge is 0.309 e. The molecule has 0 aromatic carbocycles. The zero-order valence-electron chi connectivity index (χ0n) is 8.75. The Bertz CT molecular complexity index is 531. The summed E-state index contributed by atoms with van der Waals surface area (Å²) in [4.78, 5) is 29.1. The van der Waals surface area contributed by atoms with Gasteiger partial charge in [-0.25, -0.2) is 4.79 Å². The molecule has 1 aliphatic rings. The van der Waals surface area contributed by atoms with Crippen molar-refractivity contribution >= 4 is 0 Å². The van der Waals surface area contributed by atoms with Gasteiger partial charge in [-0.2, -0.15) is 5.26 Å². The number of likely N-dealkylation sites (tertiary alicyclic amines) is 1. The number of rotatable bonds is 2. The van der Waals surface area contributed by atoms with Gasteiger partial charge in [0.2, 0.25) is 0 Å². The Labute approximate surface area is 91.5 Å². The molecule has 0 aliphatic carbocycles. The van der Waals surface area contributed by atoms with Gasteiger partial charge in [0.25, 0.3) is 5.56 Å². The standard InChI is InChI=1S/C10H12N4O2/c11-5-7-8(6-14-3-1-2-4-14)12-10(16)13-9(7)15/h1-4,6H2,(H2,12,13,15,16). The third kappa shape index (κ3) is 2.04. The van der Waals surface area contributed by atoms with Gasteiger partial charge in [0.15, 0.2) is 0 Å². The van der Waals surface area contributed by atoms with Gasteiger partial charge >= 0.3 is 5.69 Å². The number of nitriles is 1. The van der Waals surface area contributed by atoms with E-state index < -0.39 is 11.2 Å². The Kier molecular flexibility index (Phi) is 2.88. The summed E-state index contributed by atoms with van der Waals surface area (Å²) in [5.74, 6) is 0. The van der Waals surface area contributed by atoms with Crippen LogP contribution in [0.5, 0.6) is 0 Å². The average Bonchev–Trinajstić information content (AvgIpc) is 2.70. The zero-order chi connectivity index (χ0) is 11.5. The Morgan fingerprint density at radius 1 is 1.25 bits per heavy atom. The van der Waals surface area contributed by atoms with Crippen LogP contribution >= 0.6 is 0 Å². The summed E-state index contributed by atoms with van der Waals surface area (Å²) in [5.41, 5.74) is -0.747. The Morgan fingerprint density at radius 2 is 1.94 bits per heavy atom. The number of hydrogen-bond acceptors (Lipinski definition) is 4. The molecule has 84 valence electrons. The van der Waals surface area contributed by atoms with Gasteiger partial charge in [-0.15, -0.1) is 0 Å². The highest BCUT2D eigenvalue weighted by Crippen LogP contribution is 2.11. The predicted molar refractivity (Wildman–Crippen MR) is 56.9 cm³/mol. The summed E-state index contributed by atoms with van der Waals surface area (Å²) < 4.78 is 0. The molecule has 1 fully saturated rings. The third-order valence-electron chi connectivity index (χ3n) is 2.71. The first-order chi connectivity index (χ1) is 7.70. The van der Waals surface area contributed by atoms with Gasteiger partial charge in [-0.1, -0.05) is 0 Å². The Balaban J connectivity index is 2.35. The predicted octanol–water partition coefficient (Wildman–Crippen LogP) is -0.469. The lowest BCUT2D eigenvalue weighted by Gasteiger charge is -2.14. The summed E-state index contributed by atoms with van der Waals surface area (Å²) in [6.45, 7) is 2.35. The maximum atomic E-state index is 11.3. The minimum Gasteiger partial charge on any atom is -0.309 e. The molecule has 16 heavy (non-hydrogen) atoms. The monoisotopic (exact) mass is 220 g/mol. The summed E-state index contributed by atoms with van der Waals surface area (Å²) in [6, 6.07) is 1.82. The first-order valence-electron chi connectivity index (χ1n) is 5.18. The summed E-state index contributed by atoms with van der Waals surface area (Å²) in [5, 5.41) is 8.85. The quantitative estimate of drug-likeness (QED) is 0.704. The van der Waals surface area contributed by atoms with Gasteiger partial charge in [0.05, 0.1) is 5.69 Å². The van der Waals surface area contributed by atoms with Gasteiger partial charge < -0.3 is 4.98 Å². The molecule has 1 aliphatic heterocycles. The van der Waals surface area contributed by atoms with E-state index in [1.54, 1.807) is 0 Å². The zero-order valence-corrected chi connectivity index (χ0v) is 8.75. The lowest BCUT2D eigenvalue weighted by atomic mass is 10.2. The molecule has 0 spiro atoms. The van der Waals surface area contributed by atoms with Crippen molar-refractivity contribution in [3.63, 3.8) is 0 Å². The van der Waals surface area contributed by atoms with Crippen molar-refractivity contribution in [2.45, 2.75) is 19.4 Å². The van der Waals surface area contributed by atoms with Crippen LogP contribution in [0.25, 0.3) is 0 Å². The van der Waals surface area contributed by atoms with Crippen molar-refractivity contribution < 1.29 is 0 Å². The molecule has 0 saturated carbocycles. The fraction of sp³-hybridized carbons (Fsp3) is 0.500. The summed E-state index contributed by atoms with van der Waals surface area (Å²) in [7, 11) is 0. The second kappa shape index (κ2) is 4.33. The summed E-state index contributed by atoms with van der Waals surface area (Å²) in [6.07, 6.45) is 2.24. The van der Waals surface area contributed by atoms with Crippen LogP contribution in [-0.2, 0) is 6.54 Å². The average molecular weight is 220 g/mol. The number of aromatic nitrogens is 2. The number of nitrogens with one attached hydrogen (secondary N) is 2. The molecule has 0 unspecified atom stereocenters. The van der Waals surface area contributed by atoms with Crippen LogP contribution in [0.15, 0.2) is 9.59 Å². The fourth-order valence-corrected chi connectivity index (χ4v) is 1.93. The van der Waals surface area contributed by atoms with E-state index in [0.29, 0.717) is 12.2 Å². The molecule has 0 amide bonds. The van der Waals surface area contributed by atoms with E-state index in [9.17, 15) is 9.59 Å². The first-order valence-corrected chi connectivity index (χ1v) is 5.18. The van der Waals surface area contributed by atoms with Crippen molar-refractivity contribution in [1.29, 1.82) is 5.26 Å². The maximum Gasteiger partial charge on any atom is 0.326 e. The van der Waals surface area contributed by atoms with E-state index in [1.807, 2.05) is 11.1 Å². The Hall–Kier alpha value is -1.87. The molecule has 2 rings (SSSR count). The topological polar surface area (TPSA) is 92.8 Å². The highest BCUT2D eigenvalue weighted by Gasteiger charge is 2.16. The van der Waals surface area contributed by atoms with Crippen molar-refractivity contribution in [2.24, 2.45) is 0 Å². The van der Waals surface area contributed by atoms with Crippen LogP contribution < -0.4 is 11.2 Å². The summed E-state index contributed by atoms with van der Waals surface area (Å²) >= 11 is 0. The highest BCUT2D eigenvalue weighted by molar-refractivity contribution is 5.30. The lowest BCUT2D eigenvalue weighted by Crippen LogP contribution is -2.30. The van der Waals surface area contributed by atoms with Crippen molar-refractivity contribution in [3.05, 3.63) is 32.1 Å². The molecule has 6 heteroatoms. The van der Waals surface area contributed by atoms with Gasteiger partial charge in [-0.05, 0) is 25.9 Å². The molecule has 2 N–H and O–H groups in total. The van der Waals surface area contributed by atoms with Crippen LogP contribution in [-0.4, -0.2) is 28.0 Å². The minimum atomic E-state index is -0.611. The third-order valence-corrected chi connectivity index (χ3v) is 2.71. The van der Waals surface area contributed by atoms with Crippen LogP contribution in [0.3, 0.4) is 0 Å². The molecule has 2 heterocycles. The molecular formula is C10H12N4O2. The molecule has 0 radical (unpaired) electrons. The first kappa shape index (κ1) is 10.6. The molecule has 1 aromatic heterocycles. The number of aromatic amines is 2. The van der Waals surface area contributed by atoms with Crippen molar-refractivity contribution in [1.82, 2.24) is 14.9 Å². The van der Waals surface area contributed by atoms with Crippen molar-refractivity contribution in [3.8, 4) is 6.07 Å². The second-order valence-corrected chi connectivity index (χ2v) is 3.86. The molecule has 1 aromatic rings. The largest absolute Gasteiger partial charge is 0.326 e. The van der Waals surface area contributed by atoms with Crippen LogP contribution in [0.4, 0.5) is 0 Å². The SMILES string of the molecule is N#Cc1c(CN2CCCC2)[nH]c(=O)[nH]c1=O. The molecule has 0 atom stereocenters. The fourth-order valence-electron chi connectivity index (χ4n) is 1.93. The van der Waals surface area contributed by atoms with E-state index >= 15 is 0 Å². The van der Waals surface area contributed by atoms with Crippen LogP contribution in [0, 0.1) is 11.3 Å². The van der Waals surface area contributed by atoms with E-state index in [4.69, 9.17) is 5.26 Å². The lowest BCUT2D eigenvalue weighted by molar-refractivity contribution is 0.326. The van der Waals surface area contributed by atoms with Gasteiger partial charge in [0, 0.05) is 6.54 Å². The van der Waals surface area contributed by atoms with E-state index in [-0.39, 0.29) is 5.56 Å². The van der Waals surface area contributed by atoms with Crippen LogP contribution in [0.1, 0.15) is 24.1 Å². The molecule has 0 bridgehead atoms. The van der Waals surface area contributed by atoms with Gasteiger partial charge in [0.1, 0.15) is 11.6 Å². The van der Waals surface area contributed by atoms with E-state index in [2.05, 4.69) is 9.88 Å². The molecule has 6 nitrogen and oxygen atoms in total. The number of nitrogens with zero attached hydrogens (tertiary/aromatic N) is 2. The second-order valence-electron chi connectivity index (χ2n) is 3.86. The molecule has 1 saturated heterocycles. The van der Waals surface area contributed by atoms with E-state index in [1.165, 1.54) is 0 Å². The maximum absolute atomic E-state index is 11.3. The van der Waals surface area contributed by atoms with Crippen LogP contribution in [0.2, 0.25) is 0 Å². The number of hydrogen-bond donors (Lipinski definition) is 2. The minimum absolute atomic E-state index is 0.00602. The van der Waals surface area contributed by atoms with Gasteiger partial charge in [-0.3, -0.25) is 14.7 Å². The van der Waals surface area contributed by atoms with Crippen molar-refractivity contribution in [2.75, 3.05) is 13.1 Å². The molecular weight excluding hydrogens is 208 g/mol. The highest BCUT2D eigenvalue weighted by atomic mass is 16.2. The normalized spacial score (nSPS) is 16.2. The van der Waals surface area contributed by atoms with E-state index in [0.717, 1.165) is 25.9 Å². The Morgan fingerprint density at radius 3 is 2.56 bits per heavy atom. The number of H-pyrrole nitrogens is 2.